The van der Waals surface area contributed by atoms with Crippen molar-refractivity contribution in [3.05, 3.63) is 71.8 Å². The molecule has 294 valence electrons. The van der Waals surface area contributed by atoms with Crippen LogP contribution in [0.4, 0.5) is 0 Å². The molecule has 0 amide bonds. The third kappa shape index (κ3) is 19.7. The average Bonchev–Trinajstić information content (AvgIpc) is 3.18. The van der Waals surface area contributed by atoms with Crippen LogP contribution < -0.4 is 0 Å². The number of hydrogen-bond acceptors (Lipinski definition) is 17. The number of cyclic esters (lactones) is 2. The molecule has 1 saturated heterocycles. The second-order valence-electron chi connectivity index (χ2n) is 11.3. The molecule has 2 aromatic rings. The predicted octanol–water partition coefficient (Wildman–Crippen LogP) is 2.21. The van der Waals surface area contributed by atoms with E-state index in [1.54, 1.807) is 24.3 Å². The van der Waals surface area contributed by atoms with Crippen LogP contribution in [0.2, 0.25) is 0 Å². The van der Waals surface area contributed by atoms with E-state index in [0.29, 0.717) is 6.42 Å². The van der Waals surface area contributed by atoms with Crippen LogP contribution >= 0.6 is 0 Å². The number of aliphatic hydroxyl groups is 1. The van der Waals surface area contributed by atoms with Crippen molar-refractivity contribution >= 4 is 47.8 Å². The van der Waals surface area contributed by atoms with E-state index in [1.165, 1.54) is 0 Å². The molecule has 2 aromatic carbocycles. The quantitative estimate of drug-likeness (QED) is 0.109. The normalized spacial score (nSPS) is 13.7. The van der Waals surface area contributed by atoms with E-state index in [2.05, 4.69) is 14.2 Å². The lowest BCUT2D eigenvalue weighted by molar-refractivity contribution is -0.185. The molecule has 1 aliphatic rings. The molecule has 1 fully saturated rings. The molecule has 0 saturated carbocycles. The summed E-state index contributed by atoms with van der Waals surface area (Å²) in [7, 11) is 0. The number of carbonyl (C=O) groups is 8. The second-order valence-corrected chi connectivity index (χ2v) is 11.3. The van der Waals surface area contributed by atoms with Gasteiger partial charge in [0.05, 0.1) is 6.61 Å². The Balaban J connectivity index is 0.000000425. The van der Waals surface area contributed by atoms with Crippen LogP contribution in [0.3, 0.4) is 0 Å². The number of hydrogen-bond donors (Lipinski definition) is 1. The molecule has 54 heavy (non-hydrogen) atoms. The Morgan fingerprint density at radius 3 is 1.89 bits per heavy atom. The highest BCUT2D eigenvalue weighted by Crippen LogP contribution is 2.12. The molecule has 1 aliphatic heterocycles. The van der Waals surface area contributed by atoms with E-state index in [9.17, 15) is 38.4 Å². The summed E-state index contributed by atoms with van der Waals surface area (Å²) in [5, 5.41) is 8.51. The lowest BCUT2D eigenvalue weighted by Crippen LogP contribution is -2.37. The fourth-order valence-corrected chi connectivity index (χ4v) is 4.16. The van der Waals surface area contributed by atoms with Crippen LogP contribution in [0.5, 0.6) is 0 Å². The van der Waals surface area contributed by atoms with Crippen LogP contribution in [0.15, 0.2) is 60.7 Å². The maximum absolute atomic E-state index is 12.3. The lowest BCUT2D eigenvalue weighted by Gasteiger charge is -2.20. The first-order valence-corrected chi connectivity index (χ1v) is 17.0. The summed E-state index contributed by atoms with van der Waals surface area (Å²) in [5.74, 6) is -6.26. The highest BCUT2D eigenvalue weighted by Gasteiger charge is 2.31. The largest absolute Gasteiger partial charge is 0.463 e. The molecule has 2 atom stereocenters. The van der Waals surface area contributed by atoms with Gasteiger partial charge in [-0.25, -0.2) is 28.8 Å². The van der Waals surface area contributed by atoms with Crippen molar-refractivity contribution < 1.29 is 81.4 Å². The maximum atomic E-state index is 12.3. The monoisotopic (exact) mass is 760 g/mol. The van der Waals surface area contributed by atoms with E-state index in [0.717, 1.165) is 24.0 Å². The van der Waals surface area contributed by atoms with Crippen molar-refractivity contribution in [3.63, 3.8) is 0 Å². The van der Waals surface area contributed by atoms with Gasteiger partial charge in [0.1, 0.15) is 19.8 Å². The van der Waals surface area contributed by atoms with Gasteiger partial charge in [0.25, 0.3) is 0 Å². The van der Waals surface area contributed by atoms with Gasteiger partial charge in [-0.1, -0.05) is 80.4 Å². The van der Waals surface area contributed by atoms with Crippen LogP contribution in [0.1, 0.15) is 63.0 Å². The Kier molecular flexibility index (Phi) is 21.3. The molecule has 0 bridgehead atoms. The molecule has 0 aliphatic carbocycles. The molecule has 1 unspecified atom stereocenters. The van der Waals surface area contributed by atoms with Gasteiger partial charge in [-0.2, -0.15) is 0 Å². The van der Waals surface area contributed by atoms with E-state index < -0.39 is 79.8 Å². The summed E-state index contributed by atoms with van der Waals surface area (Å²) in [6.45, 7) is -0.587. The molecule has 17 heteroatoms. The number of rotatable bonds is 21. The number of unbranched alkanes of at least 4 members (excludes halogenated alkanes) is 2. The van der Waals surface area contributed by atoms with Gasteiger partial charge >= 0.3 is 47.8 Å². The smallest absolute Gasteiger partial charge is 0.348 e. The van der Waals surface area contributed by atoms with Gasteiger partial charge < -0.3 is 43.0 Å². The highest BCUT2D eigenvalue weighted by atomic mass is 16.6. The third-order valence-electron chi connectivity index (χ3n) is 6.94. The second kappa shape index (κ2) is 26.0. The Labute approximate surface area is 311 Å². The molecule has 1 heterocycles. The zero-order valence-corrected chi connectivity index (χ0v) is 29.8. The van der Waals surface area contributed by atoms with Gasteiger partial charge in [-0.05, 0) is 17.5 Å². The van der Waals surface area contributed by atoms with Crippen LogP contribution in [-0.2, 0) is 89.5 Å². The first-order chi connectivity index (χ1) is 26.0. The summed E-state index contributed by atoms with van der Waals surface area (Å²) in [6, 6.07) is 18.3. The molecule has 3 rings (SSSR count). The molecular formula is C37H44O17. The number of carbonyl (C=O) groups excluding carboxylic acids is 8. The van der Waals surface area contributed by atoms with Crippen LogP contribution in [-0.4, -0.2) is 98.1 Å². The first kappa shape index (κ1) is 44.3. The van der Waals surface area contributed by atoms with E-state index in [-0.39, 0.29) is 52.1 Å². The molecule has 0 radical (unpaired) electrons. The Morgan fingerprint density at radius 2 is 1.30 bits per heavy atom. The highest BCUT2D eigenvalue weighted by molar-refractivity contribution is 5.86. The number of ether oxygens (including phenoxy) is 8. The van der Waals surface area contributed by atoms with Gasteiger partial charge in [0.2, 0.25) is 0 Å². The third-order valence-corrected chi connectivity index (χ3v) is 6.94. The zero-order chi connectivity index (χ0) is 39.6. The summed E-state index contributed by atoms with van der Waals surface area (Å²) >= 11 is 0. The fourth-order valence-electron chi connectivity index (χ4n) is 4.16. The predicted molar refractivity (Wildman–Crippen MR) is 181 cm³/mol. The molecule has 0 spiro atoms. The summed E-state index contributed by atoms with van der Waals surface area (Å²) < 4.78 is 38.7. The van der Waals surface area contributed by atoms with Crippen molar-refractivity contribution in [2.24, 2.45) is 0 Å². The van der Waals surface area contributed by atoms with Crippen molar-refractivity contribution in [1.82, 2.24) is 0 Å². The van der Waals surface area contributed by atoms with Crippen molar-refractivity contribution in [2.75, 3.05) is 33.0 Å². The van der Waals surface area contributed by atoms with Crippen LogP contribution in [0.25, 0.3) is 0 Å². The molecule has 1 N–H and O–H groups in total. The zero-order valence-electron chi connectivity index (χ0n) is 29.8. The van der Waals surface area contributed by atoms with Gasteiger partial charge in [0, 0.05) is 25.7 Å². The van der Waals surface area contributed by atoms with E-state index >= 15 is 0 Å². The topological polar surface area (TPSA) is 231 Å². The Morgan fingerprint density at radius 1 is 0.722 bits per heavy atom. The minimum atomic E-state index is -1.40. The van der Waals surface area contributed by atoms with Crippen molar-refractivity contribution in [2.45, 2.75) is 77.3 Å². The minimum absolute atomic E-state index is 0.0140. The number of esters is 8. The maximum Gasteiger partial charge on any atom is 0.348 e. The SMILES string of the molecule is CCCCCOC(=O)C(CCC(=O)OCc1ccccc1)OC(=O)COC(=O)COC(=O)CO.O=C(CC[C@@H]1OC(=O)COC1=O)OCc1ccccc1. The fraction of sp³-hybridized carbons (Fsp3) is 0.459. The standard InChI is InChI=1S/C23H30O11.C14H14O6/c1-2-3-7-12-30-23(29)18(10-11-19(25)31-14-17-8-5-4-6-9-17)34-22(28)16-33-21(27)15-32-20(26)13-24;15-12(18-8-10-4-2-1-3-5-10)7-6-11-14(17)19-9-13(16)20-11/h4-6,8-9,18,24H,2-3,7,10-16H2,1H3;1-5,11H,6-9H2/t;11-/m.0/s1. The van der Waals surface area contributed by atoms with E-state index in [4.69, 9.17) is 28.8 Å². The van der Waals surface area contributed by atoms with Crippen molar-refractivity contribution in [3.8, 4) is 0 Å². The summed E-state index contributed by atoms with van der Waals surface area (Å²) in [5.41, 5.74) is 1.67. The molecule has 17 nitrogen and oxygen atoms in total. The average molecular weight is 761 g/mol. The van der Waals surface area contributed by atoms with Crippen LogP contribution in [0, 0.1) is 0 Å². The molecular weight excluding hydrogens is 716 g/mol. The van der Waals surface area contributed by atoms with E-state index in [1.807, 2.05) is 43.3 Å². The first-order valence-electron chi connectivity index (χ1n) is 17.0. The van der Waals surface area contributed by atoms with Crippen molar-refractivity contribution in [1.29, 1.82) is 0 Å². The Bertz CT molecular complexity index is 1510. The lowest BCUT2D eigenvalue weighted by atomic mass is 10.2. The minimum Gasteiger partial charge on any atom is -0.463 e. The summed E-state index contributed by atoms with van der Waals surface area (Å²) in [4.78, 5) is 92.4. The van der Waals surface area contributed by atoms with Gasteiger partial charge in [-0.3, -0.25) is 9.59 Å². The number of benzene rings is 2. The van der Waals surface area contributed by atoms with Gasteiger partial charge in [0.15, 0.2) is 32.0 Å². The number of aliphatic hydroxyl groups excluding tert-OH is 1. The summed E-state index contributed by atoms with van der Waals surface area (Å²) in [6.07, 6.45) is -0.364. The van der Waals surface area contributed by atoms with Gasteiger partial charge in [-0.15, -0.1) is 0 Å². The Hall–Kier alpha value is -5.84. The molecule has 0 aromatic heterocycles.